The summed E-state index contributed by atoms with van der Waals surface area (Å²) in [7, 11) is 0. The largest absolute Gasteiger partial charge is 0.316 e. The molecular weight excluding hydrogens is 242 g/mol. The minimum absolute atomic E-state index is 0.247. The predicted octanol–water partition coefficient (Wildman–Crippen LogP) is 4.65. The van der Waals surface area contributed by atoms with Crippen LogP contribution in [0.4, 0.5) is 0 Å². The molecule has 2 atom stereocenters. The Kier molecular flexibility index (Phi) is 4.59. The van der Waals surface area contributed by atoms with Crippen molar-refractivity contribution in [1.82, 2.24) is 5.32 Å². The monoisotopic (exact) mass is 273 g/mol. The van der Waals surface area contributed by atoms with Gasteiger partial charge in [0.25, 0.3) is 0 Å². The van der Waals surface area contributed by atoms with E-state index in [0.29, 0.717) is 5.41 Å². The molecule has 1 aromatic carbocycles. The fraction of sp³-hybridized carbons (Fsp3) is 0.684. The lowest BCUT2D eigenvalue weighted by molar-refractivity contribution is 0.134. The highest BCUT2D eigenvalue weighted by atomic mass is 14.9. The van der Waals surface area contributed by atoms with Crippen LogP contribution in [0.3, 0.4) is 0 Å². The van der Waals surface area contributed by atoms with Crippen molar-refractivity contribution >= 4 is 0 Å². The van der Waals surface area contributed by atoms with E-state index in [1.165, 1.54) is 30.4 Å². The maximum atomic E-state index is 3.65. The Bertz CT molecular complexity index is 426. The predicted molar refractivity (Wildman–Crippen MR) is 88.4 cm³/mol. The quantitative estimate of drug-likeness (QED) is 0.770. The van der Waals surface area contributed by atoms with Crippen molar-refractivity contribution < 1.29 is 0 Å². The highest BCUT2D eigenvalue weighted by Gasteiger charge is 2.44. The van der Waals surface area contributed by atoms with Crippen LogP contribution in [0.2, 0.25) is 0 Å². The van der Waals surface area contributed by atoms with Crippen LogP contribution < -0.4 is 5.32 Å². The Morgan fingerprint density at radius 1 is 1.20 bits per heavy atom. The third-order valence-electron chi connectivity index (χ3n) is 5.16. The van der Waals surface area contributed by atoms with Crippen molar-refractivity contribution in [1.29, 1.82) is 0 Å². The molecule has 1 saturated carbocycles. The molecule has 0 heterocycles. The van der Waals surface area contributed by atoms with Gasteiger partial charge in [0.15, 0.2) is 0 Å². The van der Waals surface area contributed by atoms with Gasteiger partial charge >= 0.3 is 0 Å². The number of hydrogen-bond donors (Lipinski definition) is 1. The summed E-state index contributed by atoms with van der Waals surface area (Å²) < 4.78 is 0. The van der Waals surface area contributed by atoms with Gasteiger partial charge < -0.3 is 5.32 Å². The molecule has 0 radical (unpaired) electrons. The summed E-state index contributed by atoms with van der Waals surface area (Å²) in [6, 6.07) is 9.43. The number of nitrogens with one attached hydrogen (secondary N) is 1. The average molecular weight is 273 g/mol. The second-order valence-corrected chi connectivity index (χ2v) is 7.60. The van der Waals surface area contributed by atoms with Crippen molar-refractivity contribution in [3.05, 3.63) is 35.4 Å². The van der Waals surface area contributed by atoms with Crippen molar-refractivity contribution in [3.8, 4) is 0 Å². The summed E-state index contributed by atoms with van der Waals surface area (Å²) >= 11 is 0. The van der Waals surface area contributed by atoms with E-state index in [-0.39, 0.29) is 5.41 Å². The number of hydrogen-bond acceptors (Lipinski definition) is 1. The molecular formula is C19H31N. The summed E-state index contributed by atoms with van der Waals surface area (Å²) in [4.78, 5) is 0. The molecule has 1 heteroatoms. The lowest BCUT2D eigenvalue weighted by Gasteiger charge is -2.49. The van der Waals surface area contributed by atoms with Gasteiger partial charge in [-0.3, -0.25) is 0 Å². The molecule has 0 aliphatic heterocycles. The Morgan fingerprint density at radius 2 is 1.85 bits per heavy atom. The zero-order valence-corrected chi connectivity index (χ0v) is 13.9. The first kappa shape index (κ1) is 15.6. The van der Waals surface area contributed by atoms with Crippen LogP contribution in [0, 0.1) is 5.92 Å². The summed E-state index contributed by atoms with van der Waals surface area (Å²) in [5.74, 6) is 0.798. The zero-order chi connectivity index (χ0) is 14.8. The fourth-order valence-electron chi connectivity index (χ4n) is 3.37. The number of benzene rings is 1. The van der Waals surface area contributed by atoms with Crippen LogP contribution in [-0.4, -0.2) is 13.1 Å². The van der Waals surface area contributed by atoms with Crippen molar-refractivity contribution in [2.75, 3.05) is 13.1 Å². The minimum atomic E-state index is 0.247. The molecule has 0 bridgehead atoms. The third-order valence-corrected chi connectivity index (χ3v) is 5.16. The van der Waals surface area contributed by atoms with Crippen molar-refractivity contribution in [2.45, 2.75) is 64.7 Å². The van der Waals surface area contributed by atoms with Crippen LogP contribution in [0.1, 0.15) is 65.0 Å². The van der Waals surface area contributed by atoms with Gasteiger partial charge in [-0.25, -0.2) is 0 Å². The molecule has 1 fully saturated rings. The molecule has 0 aromatic heterocycles. The van der Waals surface area contributed by atoms with Gasteiger partial charge in [-0.1, -0.05) is 58.9 Å². The molecule has 0 spiro atoms. The van der Waals surface area contributed by atoms with Crippen molar-refractivity contribution in [2.24, 2.45) is 5.92 Å². The fourth-order valence-corrected chi connectivity index (χ4v) is 3.37. The van der Waals surface area contributed by atoms with E-state index >= 15 is 0 Å². The summed E-state index contributed by atoms with van der Waals surface area (Å²) in [6.45, 7) is 13.8. The lowest BCUT2D eigenvalue weighted by atomic mass is 9.57. The van der Waals surface area contributed by atoms with Gasteiger partial charge in [-0.05, 0) is 48.3 Å². The van der Waals surface area contributed by atoms with Gasteiger partial charge in [0.1, 0.15) is 0 Å². The maximum absolute atomic E-state index is 3.65. The topological polar surface area (TPSA) is 12.0 Å². The Morgan fingerprint density at radius 3 is 2.25 bits per heavy atom. The second-order valence-electron chi connectivity index (χ2n) is 7.60. The second kappa shape index (κ2) is 5.89. The van der Waals surface area contributed by atoms with Crippen LogP contribution in [0.25, 0.3) is 0 Å². The van der Waals surface area contributed by atoms with Crippen LogP contribution in [-0.2, 0) is 10.8 Å². The first-order chi connectivity index (χ1) is 9.40. The minimum Gasteiger partial charge on any atom is -0.316 e. The Labute approximate surface area is 125 Å². The molecule has 1 aliphatic carbocycles. The van der Waals surface area contributed by atoms with Crippen LogP contribution in [0.15, 0.2) is 24.3 Å². The Hall–Kier alpha value is -0.820. The Balaban J connectivity index is 2.18. The lowest BCUT2D eigenvalue weighted by Crippen LogP contribution is -2.50. The van der Waals surface area contributed by atoms with E-state index in [4.69, 9.17) is 0 Å². The first-order valence-electron chi connectivity index (χ1n) is 8.22. The average Bonchev–Trinajstić information content (AvgIpc) is 2.41. The molecule has 1 aromatic rings. The van der Waals surface area contributed by atoms with E-state index in [1.54, 1.807) is 0 Å². The maximum Gasteiger partial charge on any atom is 0.0103 e. The smallest absolute Gasteiger partial charge is 0.0103 e. The van der Waals surface area contributed by atoms with Gasteiger partial charge in [-0.2, -0.15) is 0 Å². The summed E-state index contributed by atoms with van der Waals surface area (Å²) in [6.07, 6.45) is 3.92. The van der Waals surface area contributed by atoms with E-state index in [0.717, 1.165) is 19.0 Å². The van der Waals surface area contributed by atoms with Gasteiger partial charge in [0.05, 0.1) is 0 Å². The molecule has 2 unspecified atom stereocenters. The first-order valence-corrected chi connectivity index (χ1v) is 8.22. The standard InChI is InChI=1S/C19H31N/c1-6-13-20-14-19(12-11-15(19)2)17-9-7-16(8-10-17)18(3,4)5/h7-10,15,20H,6,11-14H2,1-5H3. The molecule has 112 valence electrons. The van der Waals surface area contributed by atoms with Gasteiger partial charge in [0.2, 0.25) is 0 Å². The van der Waals surface area contributed by atoms with E-state index in [2.05, 4.69) is 64.2 Å². The van der Waals surface area contributed by atoms with E-state index in [9.17, 15) is 0 Å². The van der Waals surface area contributed by atoms with Crippen molar-refractivity contribution in [3.63, 3.8) is 0 Å². The molecule has 1 aliphatic rings. The molecule has 2 rings (SSSR count). The molecule has 20 heavy (non-hydrogen) atoms. The molecule has 0 saturated heterocycles. The normalized spacial score (nSPS) is 26.4. The highest BCUT2D eigenvalue weighted by molar-refractivity contribution is 5.35. The van der Waals surface area contributed by atoms with Gasteiger partial charge in [0, 0.05) is 12.0 Å². The summed E-state index contributed by atoms with van der Waals surface area (Å²) in [5, 5.41) is 3.65. The SMILES string of the molecule is CCCNCC1(c2ccc(C(C)(C)C)cc2)CCC1C. The zero-order valence-electron chi connectivity index (χ0n) is 13.9. The van der Waals surface area contributed by atoms with E-state index < -0.39 is 0 Å². The third kappa shape index (κ3) is 2.93. The van der Waals surface area contributed by atoms with Crippen LogP contribution in [0.5, 0.6) is 0 Å². The molecule has 0 amide bonds. The molecule has 1 N–H and O–H groups in total. The summed E-state index contributed by atoms with van der Waals surface area (Å²) in [5.41, 5.74) is 3.60. The molecule has 1 nitrogen and oxygen atoms in total. The highest BCUT2D eigenvalue weighted by Crippen LogP contribution is 2.48. The van der Waals surface area contributed by atoms with Gasteiger partial charge in [-0.15, -0.1) is 0 Å². The van der Waals surface area contributed by atoms with Crippen LogP contribution >= 0.6 is 0 Å². The van der Waals surface area contributed by atoms with E-state index in [1.807, 2.05) is 0 Å². The number of rotatable bonds is 5.